The highest BCUT2D eigenvalue weighted by molar-refractivity contribution is 6.01. The van der Waals surface area contributed by atoms with Crippen LogP contribution in [0.3, 0.4) is 0 Å². The Morgan fingerprint density at radius 2 is 1.83 bits per heavy atom. The molecular weight excluding hydrogens is 385 g/mol. The van der Waals surface area contributed by atoms with Crippen molar-refractivity contribution in [1.82, 2.24) is 10.9 Å². The third-order valence-corrected chi connectivity index (χ3v) is 5.32. The maximum Gasteiger partial charge on any atom is 0.249 e. The van der Waals surface area contributed by atoms with Crippen LogP contribution in [0.15, 0.2) is 30.3 Å². The second kappa shape index (κ2) is 7.92. The zero-order chi connectivity index (χ0) is 20.5. The van der Waals surface area contributed by atoms with Crippen LogP contribution in [0.25, 0.3) is 0 Å². The van der Waals surface area contributed by atoms with Crippen LogP contribution in [-0.4, -0.2) is 38.7 Å². The molecule has 1 atom stereocenters. The van der Waals surface area contributed by atoms with Crippen molar-refractivity contribution < 1.29 is 22.7 Å². The maximum absolute atomic E-state index is 14.7. The van der Waals surface area contributed by atoms with Crippen molar-refractivity contribution in [3.63, 3.8) is 0 Å². The molecule has 0 radical (unpaired) electrons. The third kappa shape index (κ3) is 3.75. The molecule has 29 heavy (non-hydrogen) atoms. The van der Waals surface area contributed by atoms with Gasteiger partial charge in [0.15, 0.2) is 11.6 Å². The molecule has 1 unspecified atom stereocenters. The molecule has 2 aliphatic rings. The minimum Gasteiger partial charge on any atom is -0.494 e. The van der Waals surface area contributed by atoms with E-state index in [9.17, 15) is 18.0 Å². The Hall–Kier alpha value is -2.78. The summed E-state index contributed by atoms with van der Waals surface area (Å²) in [5.41, 5.74) is 6.50. The maximum atomic E-state index is 14.7. The number of carbonyl (C=O) groups excluding carboxylic acids is 1. The lowest BCUT2D eigenvalue weighted by Gasteiger charge is -2.20. The van der Waals surface area contributed by atoms with Gasteiger partial charge in [0.25, 0.3) is 0 Å². The lowest BCUT2D eigenvalue weighted by Crippen LogP contribution is -2.34. The molecule has 0 bridgehead atoms. The van der Waals surface area contributed by atoms with E-state index in [1.54, 1.807) is 0 Å². The Morgan fingerprint density at radius 1 is 1.07 bits per heavy atom. The lowest BCUT2D eigenvalue weighted by molar-refractivity contribution is -0.117. The fourth-order valence-corrected chi connectivity index (χ4v) is 3.76. The number of carbonyl (C=O) groups is 1. The highest BCUT2D eigenvalue weighted by Crippen LogP contribution is 2.31. The van der Waals surface area contributed by atoms with Gasteiger partial charge in [-0.15, -0.1) is 0 Å². The van der Waals surface area contributed by atoms with Crippen molar-refractivity contribution in [2.75, 3.05) is 37.0 Å². The number of hydrogen-bond acceptors (Lipinski definition) is 5. The minimum atomic E-state index is -0.634. The number of halogens is 3. The number of anilines is 2. The molecule has 0 aliphatic carbocycles. The average Bonchev–Trinajstić information content (AvgIpc) is 3.36. The van der Waals surface area contributed by atoms with Gasteiger partial charge in [0.2, 0.25) is 5.91 Å². The second-order valence-electron chi connectivity index (χ2n) is 7.11. The van der Waals surface area contributed by atoms with E-state index in [-0.39, 0.29) is 35.4 Å². The molecule has 2 fully saturated rings. The van der Waals surface area contributed by atoms with Crippen molar-refractivity contribution in [3.05, 3.63) is 53.3 Å². The highest BCUT2D eigenvalue weighted by Gasteiger charge is 2.35. The van der Waals surface area contributed by atoms with Gasteiger partial charge in [-0.25, -0.2) is 13.2 Å². The molecule has 2 heterocycles. The molecule has 3 N–H and O–H groups in total. The number of ether oxygens (including phenoxy) is 1. The monoisotopic (exact) mass is 406 g/mol. The molecule has 2 aliphatic heterocycles. The van der Waals surface area contributed by atoms with E-state index in [4.69, 9.17) is 4.74 Å². The summed E-state index contributed by atoms with van der Waals surface area (Å²) < 4.78 is 47.8. The Bertz CT molecular complexity index is 934. The predicted molar refractivity (Wildman–Crippen MR) is 102 cm³/mol. The summed E-state index contributed by atoms with van der Waals surface area (Å²) in [7, 11) is 1.35. The van der Waals surface area contributed by atoms with E-state index in [0.717, 1.165) is 6.07 Å². The molecule has 2 saturated heterocycles. The second-order valence-corrected chi connectivity index (χ2v) is 7.11. The van der Waals surface area contributed by atoms with Gasteiger partial charge >= 0.3 is 0 Å². The first kappa shape index (κ1) is 19.5. The van der Waals surface area contributed by atoms with Crippen LogP contribution in [0.2, 0.25) is 0 Å². The molecule has 2 aromatic rings. The summed E-state index contributed by atoms with van der Waals surface area (Å²) >= 11 is 0. The number of rotatable bonds is 5. The van der Waals surface area contributed by atoms with Gasteiger partial charge in [0.05, 0.1) is 12.8 Å². The molecule has 6 nitrogen and oxygen atoms in total. The van der Waals surface area contributed by atoms with Gasteiger partial charge < -0.3 is 15.0 Å². The number of nitrogens with one attached hydrogen (secondary N) is 3. The van der Waals surface area contributed by atoms with Crippen LogP contribution in [0.5, 0.6) is 5.75 Å². The standard InChI is InChI=1S/C20H21F3N4O2/c1-29-19-6-12(2-3-14(19)21)26-17-4-5-27(20(17)28)18-8-15(22)13(7-16(18)23)11-9-24-25-10-11/h2-3,6-8,11,17,24-26H,4-5,9-10H2,1H3. The van der Waals surface area contributed by atoms with E-state index < -0.39 is 23.5 Å². The fourth-order valence-electron chi connectivity index (χ4n) is 3.76. The summed E-state index contributed by atoms with van der Waals surface area (Å²) in [5.74, 6) is -2.17. The third-order valence-electron chi connectivity index (χ3n) is 5.32. The molecule has 154 valence electrons. The van der Waals surface area contributed by atoms with E-state index in [0.29, 0.717) is 25.2 Å². The Labute approximate surface area is 166 Å². The Balaban J connectivity index is 1.52. The summed E-state index contributed by atoms with van der Waals surface area (Å²) in [5, 5.41) is 3.01. The van der Waals surface area contributed by atoms with Crippen LogP contribution >= 0.6 is 0 Å². The first-order valence-corrected chi connectivity index (χ1v) is 9.34. The van der Waals surface area contributed by atoms with Crippen molar-refractivity contribution in [3.8, 4) is 5.75 Å². The summed E-state index contributed by atoms with van der Waals surface area (Å²) in [6.45, 7) is 1.26. The van der Waals surface area contributed by atoms with E-state index in [1.165, 1.54) is 36.3 Å². The molecule has 1 amide bonds. The lowest BCUT2D eigenvalue weighted by atomic mass is 9.99. The number of benzene rings is 2. The van der Waals surface area contributed by atoms with Gasteiger partial charge in [-0.1, -0.05) is 0 Å². The smallest absolute Gasteiger partial charge is 0.249 e. The summed E-state index contributed by atoms with van der Waals surface area (Å²) in [6.07, 6.45) is 0.401. The van der Waals surface area contributed by atoms with Gasteiger partial charge in [0, 0.05) is 43.4 Å². The molecule has 0 aromatic heterocycles. The van der Waals surface area contributed by atoms with Gasteiger partial charge in [-0.3, -0.25) is 15.6 Å². The van der Waals surface area contributed by atoms with E-state index in [1.807, 2.05) is 0 Å². The van der Waals surface area contributed by atoms with Crippen molar-refractivity contribution >= 4 is 17.3 Å². The highest BCUT2D eigenvalue weighted by atomic mass is 19.1. The van der Waals surface area contributed by atoms with Crippen molar-refractivity contribution in [2.45, 2.75) is 18.4 Å². The molecule has 9 heteroatoms. The van der Waals surface area contributed by atoms with E-state index >= 15 is 0 Å². The van der Waals surface area contributed by atoms with Gasteiger partial charge in [0.1, 0.15) is 17.7 Å². The topological polar surface area (TPSA) is 65.6 Å². The van der Waals surface area contributed by atoms with Gasteiger partial charge in [-0.05, 0) is 30.2 Å². The zero-order valence-corrected chi connectivity index (χ0v) is 15.8. The first-order valence-electron chi connectivity index (χ1n) is 9.34. The van der Waals surface area contributed by atoms with Crippen LogP contribution < -0.4 is 25.8 Å². The van der Waals surface area contributed by atoms with Crippen molar-refractivity contribution in [2.24, 2.45) is 0 Å². The Morgan fingerprint density at radius 3 is 2.55 bits per heavy atom. The predicted octanol–water partition coefficient (Wildman–Crippen LogP) is 2.52. The number of hydrazine groups is 1. The average molecular weight is 406 g/mol. The zero-order valence-electron chi connectivity index (χ0n) is 15.8. The molecule has 0 saturated carbocycles. The largest absolute Gasteiger partial charge is 0.494 e. The molecule has 0 spiro atoms. The van der Waals surface area contributed by atoms with E-state index in [2.05, 4.69) is 16.2 Å². The summed E-state index contributed by atoms with van der Waals surface area (Å²) in [6, 6.07) is 5.80. The van der Waals surface area contributed by atoms with Gasteiger partial charge in [-0.2, -0.15) is 0 Å². The number of nitrogens with zero attached hydrogens (tertiary/aromatic N) is 1. The molecule has 2 aromatic carbocycles. The molecular formula is C20H21F3N4O2. The number of methoxy groups -OCH3 is 1. The quantitative estimate of drug-likeness (QED) is 0.712. The van der Waals surface area contributed by atoms with Crippen LogP contribution in [0.4, 0.5) is 24.5 Å². The van der Waals surface area contributed by atoms with Crippen LogP contribution in [0.1, 0.15) is 17.9 Å². The number of amides is 1. The van der Waals surface area contributed by atoms with Crippen LogP contribution in [-0.2, 0) is 4.79 Å². The normalized spacial score (nSPS) is 19.8. The van der Waals surface area contributed by atoms with Crippen LogP contribution in [0, 0.1) is 17.5 Å². The van der Waals surface area contributed by atoms with Crippen molar-refractivity contribution in [1.29, 1.82) is 0 Å². The Kier molecular flexibility index (Phi) is 5.33. The minimum absolute atomic E-state index is 0.0527. The summed E-state index contributed by atoms with van der Waals surface area (Å²) in [4.78, 5) is 14.0. The molecule has 4 rings (SSSR count). The fraction of sp³-hybridized carbons (Fsp3) is 0.350. The number of hydrogen-bond donors (Lipinski definition) is 3. The first-order chi connectivity index (χ1) is 14.0. The SMILES string of the molecule is COc1cc(NC2CCN(c3cc(F)c(C4CNNC4)cc3F)C2=O)ccc1F.